The Kier molecular flexibility index (Phi) is 4.02. The molecule has 1 fully saturated rings. The van der Waals surface area contributed by atoms with Gasteiger partial charge in [0.25, 0.3) is 0 Å². The van der Waals surface area contributed by atoms with Gasteiger partial charge in [-0.25, -0.2) is 0 Å². The van der Waals surface area contributed by atoms with E-state index in [0.29, 0.717) is 0 Å². The van der Waals surface area contributed by atoms with Gasteiger partial charge in [0.15, 0.2) is 0 Å². The van der Waals surface area contributed by atoms with E-state index in [1.807, 2.05) is 0 Å². The molecule has 0 amide bonds. The Morgan fingerprint density at radius 3 is 1.67 bits per heavy atom. The second-order valence-electron chi connectivity index (χ2n) is 1.21. The molecule has 2 nitrogen and oxygen atoms in total. The fourth-order valence-corrected chi connectivity index (χ4v) is 0.442. The SMILES string of the molecule is C1CNNC1.[LiH]. The van der Waals surface area contributed by atoms with Crippen molar-refractivity contribution in [2.45, 2.75) is 6.42 Å². The second-order valence-corrected chi connectivity index (χ2v) is 1.21. The van der Waals surface area contributed by atoms with Gasteiger partial charge in [-0.05, 0) is 6.42 Å². The van der Waals surface area contributed by atoms with E-state index in [9.17, 15) is 0 Å². The van der Waals surface area contributed by atoms with Gasteiger partial charge in [0.05, 0.1) is 0 Å². The molecule has 1 aliphatic heterocycles. The summed E-state index contributed by atoms with van der Waals surface area (Å²) in [6, 6.07) is 0. The molecule has 3 heteroatoms. The Hall–Kier alpha value is 0.517. The van der Waals surface area contributed by atoms with Gasteiger partial charge in [0, 0.05) is 13.1 Å². The van der Waals surface area contributed by atoms with Crippen molar-refractivity contribution in [3.05, 3.63) is 0 Å². The Labute approximate surface area is 49.8 Å². The molecule has 0 bridgehead atoms. The summed E-state index contributed by atoms with van der Waals surface area (Å²) >= 11 is 0. The Morgan fingerprint density at radius 1 is 1.00 bits per heavy atom. The van der Waals surface area contributed by atoms with Gasteiger partial charge in [-0.2, -0.15) is 0 Å². The number of hydrogen-bond acceptors (Lipinski definition) is 2. The van der Waals surface area contributed by atoms with Crippen molar-refractivity contribution < 1.29 is 0 Å². The molecule has 1 rings (SSSR count). The molecule has 0 aromatic heterocycles. The molecule has 32 valence electrons. The normalized spacial score (nSPS) is 20.0. The zero-order valence-corrected chi connectivity index (χ0v) is 3.12. The topological polar surface area (TPSA) is 24.1 Å². The van der Waals surface area contributed by atoms with Crippen molar-refractivity contribution >= 4 is 18.9 Å². The van der Waals surface area contributed by atoms with Crippen LogP contribution in [-0.2, 0) is 0 Å². The van der Waals surface area contributed by atoms with Gasteiger partial charge in [-0.15, -0.1) is 0 Å². The van der Waals surface area contributed by atoms with Crippen molar-refractivity contribution in [1.82, 2.24) is 10.9 Å². The first kappa shape index (κ1) is 6.52. The van der Waals surface area contributed by atoms with E-state index in [1.54, 1.807) is 0 Å². The first-order chi connectivity index (χ1) is 2.50. The molecule has 0 saturated carbocycles. The standard InChI is InChI=1S/C3H8N2.Li.H/c1-2-4-5-3-1;;/h4-5H,1-3H2;;. The van der Waals surface area contributed by atoms with Crippen molar-refractivity contribution in [2.24, 2.45) is 0 Å². The molecule has 6 heavy (non-hydrogen) atoms. The fraction of sp³-hybridized carbons (Fsp3) is 1.00. The molecule has 0 aromatic carbocycles. The summed E-state index contributed by atoms with van der Waals surface area (Å²) in [7, 11) is 0. The minimum atomic E-state index is 0. The third-order valence-corrected chi connectivity index (χ3v) is 0.729. The quantitative estimate of drug-likeness (QED) is 0.358. The number of rotatable bonds is 0. The zero-order chi connectivity index (χ0) is 3.54. The number of hydrogen-bond donors (Lipinski definition) is 2. The average molecular weight is 80.1 g/mol. The maximum atomic E-state index is 2.97. The molecule has 0 radical (unpaired) electrons. The Morgan fingerprint density at radius 2 is 1.50 bits per heavy atom. The summed E-state index contributed by atoms with van der Waals surface area (Å²) in [5, 5.41) is 0. The molecule has 1 heterocycles. The van der Waals surface area contributed by atoms with Crippen LogP contribution in [-0.4, -0.2) is 32.0 Å². The molecule has 1 saturated heterocycles. The van der Waals surface area contributed by atoms with E-state index in [0.717, 1.165) is 13.1 Å². The van der Waals surface area contributed by atoms with Crippen LogP contribution in [0.25, 0.3) is 0 Å². The zero-order valence-electron chi connectivity index (χ0n) is 3.12. The Bertz CT molecular complexity index is 20.4. The van der Waals surface area contributed by atoms with Crippen LogP contribution in [0, 0.1) is 0 Å². The van der Waals surface area contributed by atoms with E-state index in [4.69, 9.17) is 0 Å². The molecule has 2 N–H and O–H groups in total. The third kappa shape index (κ3) is 1.84. The minimum absolute atomic E-state index is 0. The monoisotopic (exact) mass is 80.1 g/mol. The Balaban J connectivity index is 0.000000250. The van der Waals surface area contributed by atoms with Crippen LogP contribution in [0.1, 0.15) is 6.42 Å². The van der Waals surface area contributed by atoms with E-state index >= 15 is 0 Å². The van der Waals surface area contributed by atoms with E-state index < -0.39 is 0 Å². The van der Waals surface area contributed by atoms with E-state index in [2.05, 4.69) is 10.9 Å². The number of nitrogens with one attached hydrogen (secondary N) is 2. The maximum absolute atomic E-state index is 2.97. The third-order valence-electron chi connectivity index (χ3n) is 0.729. The molecule has 0 unspecified atom stereocenters. The van der Waals surface area contributed by atoms with Crippen LogP contribution in [0.3, 0.4) is 0 Å². The van der Waals surface area contributed by atoms with Gasteiger partial charge in [-0.3, -0.25) is 10.9 Å². The van der Waals surface area contributed by atoms with Gasteiger partial charge >= 0.3 is 18.9 Å². The summed E-state index contributed by atoms with van der Waals surface area (Å²) in [5.74, 6) is 0. The average Bonchev–Trinajstić information content (AvgIpc) is 1.76. The van der Waals surface area contributed by atoms with Crippen molar-refractivity contribution in [3.8, 4) is 0 Å². The van der Waals surface area contributed by atoms with Crippen LogP contribution in [0.15, 0.2) is 0 Å². The van der Waals surface area contributed by atoms with Gasteiger partial charge in [0.2, 0.25) is 0 Å². The van der Waals surface area contributed by atoms with E-state index in [-0.39, 0.29) is 18.9 Å². The summed E-state index contributed by atoms with van der Waals surface area (Å²) in [6.45, 7) is 2.28. The first-order valence-electron chi connectivity index (χ1n) is 1.96. The van der Waals surface area contributed by atoms with Crippen LogP contribution < -0.4 is 10.9 Å². The predicted molar refractivity (Wildman–Crippen MR) is 27.8 cm³/mol. The first-order valence-corrected chi connectivity index (χ1v) is 1.96. The summed E-state index contributed by atoms with van der Waals surface area (Å²) in [4.78, 5) is 0. The van der Waals surface area contributed by atoms with Crippen LogP contribution in [0.2, 0.25) is 0 Å². The fourth-order valence-electron chi connectivity index (χ4n) is 0.442. The van der Waals surface area contributed by atoms with Gasteiger partial charge < -0.3 is 0 Å². The van der Waals surface area contributed by atoms with Gasteiger partial charge in [0.1, 0.15) is 0 Å². The predicted octanol–water partition coefficient (Wildman–Crippen LogP) is -1.16. The van der Waals surface area contributed by atoms with Crippen molar-refractivity contribution in [3.63, 3.8) is 0 Å². The molecule has 1 aliphatic rings. The second kappa shape index (κ2) is 3.70. The number of hydrazine groups is 1. The molecule has 0 aromatic rings. The molecule has 0 spiro atoms. The molecular formula is C3H9LiN2. The van der Waals surface area contributed by atoms with Crippen molar-refractivity contribution in [1.29, 1.82) is 0 Å². The van der Waals surface area contributed by atoms with Crippen molar-refractivity contribution in [2.75, 3.05) is 13.1 Å². The van der Waals surface area contributed by atoms with Crippen LogP contribution in [0.4, 0.5) is 0 Å². The van der Waals surface area contributed by atoms with Crippen LogP contribution >= 0.6 is 0 Å². The molecule has 0 atom stereocenters. The summed E-state index contributed by atoms with van der Waals surface area (Å²) in [6.07, 6.45) is 1.28. The molecule has 0 aliphatic carbocycles. The van der Waals surface area contributed by atoms with Crippen LogP contribution in [0.5, 0.6) is 0 Å². The summed E-state index contributed by atoms with van der Waals surface area (Å²) < 4.78 is 0. The van der Waals surface area contributed by atoms with Gasteiger partial charge in [-0.1, -0.05) is 0 Å². The molecular weight excluding hydrogens is 71.0 g/mol. The summed E-state index contributed by atoms with van der Waals surface area (Å²) in [5.41, 5.74) is 5.94. The van der Waals surface area contributed by atoms with E-state index in [1.165, 1.54) is 6.42 Å².